The van der Waals surface area contributed by atoms with E-state index < -0.39 is 22.0 Å². The van der Waals surface area contributed by atoms with Crippen molar-refractivity contribution >= 4 is 27.3 Å². The SMILES string of the molecule is CCC(C(=O)Nc1ccc(CC#N)cc1)N(c1ccc(OC)cc1)S(C)(=O)=O. The van der Waals surface area contributed by atoms with Crippen LogP contribution in [0.25, 0.3) is 0 Å². The van der Waals surface area contributed by atoms with Gasteiger partial charge in [-0.2, -0.15) is 5.26 Å². The number of carbonyl (C=O) groups excluding carboxylic acids is 1. The van der Waals surface area contributed by atoms with E-state index in [-0.39, 0.29) is 12.8 Å². The van der Waals surface area contributed by atoms with Gasteiger partial charge in [0.15, 0.2) is 0 Å². The van der Waals surface area contributed by atoms with E-state index in [2.05, 4.69) is 11.4 Å². The molecule has 0 aliphatic carbocycles. The van der Waals surface area contributed by atoms with Crippen molar-refractivity contribution in [3.05, 3.63) is 54.1 Å². The molecule has 0 saturated carbocycles. The fraction of sp³-hybridized carbons (Fsp3) is 0.300. The highest BCUT2D eigenvalue weighted by molar-refractivity contribution is 7.92. The summed E-state index contributed by atoms with van der Waals surface area (Å²) in [5.74, 6) is 0.156. The summed E-state index contributed by atoms with van der Waals surface area (Å²) >= 11 is 0. The van der Waals surface area contributed by atoms with Gasteiger partial charge in [0.05, 0.1) is 31.5 Å². The Hall–Kier alpha value is -3.05. The number of ether oxygens (including phenoxy) is 1. The second-order valence-corrected chi connectivity index (χ2v) is 8.06. The molecule has 0 saturated heterocycles. The molecular weight excluding hydrogens is 378 g/mol. The van der Waals surface area contributed by atoms with Crippen LogP contribution in [0.4, 0.5) is 11.4 Å². The van der Waals surface area contributed by atoms with Gasteiger partial charge < -0.3 is 10.1 Å². The molecule has 28 heavy (non-hydrogen) atoms. The normalized spacial score (nSPS) is 11.9. The van der Waals surface area contributed by atoms with Gasteiger partial charge in [-0.15, -0.1) is 0 Å². The molecule has 1 unspecified atom stereocenters. The summed E-state index contributed by atoms with van der Waals surface area (Å²) in [7, 11) is -2.18. The lowest BCUT2D eigenvalue weighted by molar-refractivity contribution is -0.117. The number of amides is 1. The number of rotatable bonds is 8. The third-order valence-electron chi connectivity index (χ3n) is 4.16. The first-order valence-electron chi connectivity index (χ1n) is 8.70. The molecule has 0 spiro atoms. The zero-order chi connectivity index (χ0) is 20.7. The Morgan fingerprint density at radius 3 is 2.25 bits per heavy atom. The van der Waals surface area contributed by atoms with Gasteiger partial charge in [-0.3, -0.25) is 9.10 Å². The summed E-state index contributed by atoms with van der Waals surface area (Å²) in [4.78, 5) is 12.8. The Morgan fingerprint density at radius 2 is 1.79 bits per heavy atom. The largest absolute Gasteiger partial charge is 0.497 e. The second-order valence-electron chi connectivity index (χ2n) is 6.20. The van der Waals surface area contributed by atoms with Crippen molar-refractivity contribution in [1.29, 1.82) is 5.26 Å². The number of hydrogen-bond donors (Lipinski definition) is 1. The van der Waals surface area contributed by atoms with Gasteiger partial charge in [0, 0.05) is 5.69 Å². The van der Waals surface area contributed by atoms with Gasteiger partial charge in [0.1, 0.15) is 11.8 Å². The Morgan fingerprint density at radius 1 is 1.18 bits per heavy atom. The molecule has 0 fully saturated rings. The minimum Gasteiger partial charge on any atom is -0.497 e. The van der Waals surface area contributed by atoms with Crippen molar-refractivity contribution in [1.82, 2.24) is 0 Å². The molecule has 8 heteroatoms. The van der Waals surface area contributed by atoms with Gasteiger partial charge in [-0.05, 0) is 48.4 Å². The van der Waals surface area contributed by atoms with Crippen LogP contribution < -0.4 is 14.4 Å². The third kappa shape index (κ3) is 5.24. The Balaban J connectivity index is 2.29. The summed E-state index contributed by atoms with van der Waals surface area (Å²) in [5, 5.41) is 11.5. The minimum atomic E-state index is -3.70. The van der Waals surface area contributed by atoms with Crippen molar-refractivity contribution < 1.29 is 17.9 Å². The molecule has 2 aromatic rings. The van der Waals surface area contributed by atoms with Gasteiger partial charge in [0.2, 0.25) is 15.9 Å². The van der Waals surface area contributed by atoms with Gasteiger partial charge >= 0.3 is 0 Å². The van der Waals surface area contributed by atoms with E-state index in [4.69, 9.17) is 10.00 Å². The van der Waals surface area contributed by atoms with E-state index in [1.165, 1.54) is 7.11 Å². The van der Waals surface area contributed by atoms with E-state index in [1.807, 2.05) is 0 Å². The predicted octanol–water partition coefficient (Wildman–Crippen LogP) is 2.94. The molecule has 7 nitrogen and oxygen atoms in total. The van der Waals surface area contributed by atoms with E-state index in [0.717, 1.165) is 16.1 Å². The van der Waals surface area contributed by atoms with E-state index in [1.54, 1.807) is 55.5 Å². The quantitative estimate of drug-likeness (QED) is 0.733. The van der Waals surface area contributed by atoms with Crippen molar-refractivity contribution in [2.45, 2.75) is 25.8 Å². The average Bonchev–Trinajstić information content (AvgIpc) is 2.67. The summed E-state index contributed by atoms with van der Waals surface area (Å²) in [6.45, 7) is 1.75. The lowest BCUT2D eigenvalue weighted by Crippen LogP contribution is -2.46. The molecule has 148 valence electrons. The van der Waals surface area contributed by atoms with Crippen LogP contribution in [-0.4, -0.2) is 33.7 Å². The van der Waals surface area contributed by atoms with Crippen LogP contribution in [0.1, 0.15) is 18.9 Å². The lowest BCUT2D eigenvalue weighted by Gasteiger charge is -2.30. The Labute approximate surface area is 165 Å². The number of anilines is 2. The van der Waals surface area contributed by atoms with E-state index in [9.17, 15) is 13.2 Å². The second kappa shape index (κ2) is 9.24. The Bertz CT molecular complexity index is 948. The number of methoxy groups -OCH3 is 1. The first-order valence-corrected chi connectivity index (χ1v) is 10.5. The third-order valence-corrected chi connectivity index (χ3v) is 5.34. The summed E-state index contributed by atoms with van der Waals surface area (Å²) < 4.78 is 31.1. The van der Waals surface area contributed by atoms with Crippen LogP contribution in [0.5, 0.6) is 5.75 Å². The van der Waals surface area contributed by atoms with Gasteiger partial charge in [-0.1, -0.05) is 19.1 Å². The fourth-order valence-electron chi connectivity index (χ4n) is 2.81. The monoisotopic (exact) mass is 401 g/mol. The maximum atomic E-state index is 12.8. The highest BCUT2D eigenvalue weighted by Crippen LogP contribution is 2.25. The van der Waals surface area contributed by atoms with Crippen molar-refractivity contribution in [2.75, 3.05) is 23.0 Å². The summed E-state index contributed by atoms with van der Waals surface area (Å²) in [6, 6.07) is 14.5. The molecule has 2 rings (SSSR count). The predicted molar refractivity (Wildman–Crippen MR) is 109 cm³/mol. The summed E-state index contributed by atoms with van der Waals surface area (Å²) in [5.41, 5.74) is 1.76. The van der Waals surface area contributed by atoms with Crippen LogP contribution in [0.15, 0.2) is 48.5 Å². The maximum absolute atomic E-state index is 12.8. The van der Waals surface area contributed by atoms with E-state index >= 15 is 0 Å². The first-order chi connectivity index (χ1) is 13.3. The Kier molecular flexibility index (Phi) is 7.01. The molecule has 1 N–H and O–H groups in total. The van der Waals surface area contributed by atoms with Crippen molar-refractivity contribution in [3.8, 4) is 11.8 Å². The maximum Gasteiger partial charge on any atom is 0.248 e. The number of nitrogens with one attached hydrogen (secondary N) is 1. The van der Waals surface area contributed by atoms with Crippen molar-refractivity contribution in [3.63, 3.8) is 0 Å². The number of carbonyl (C=O) groups is 1. The van der Waals surface area contributed by atoms with Crippen LogP contribution in [0, 0.1) is 11.3 Å². The van der Waals surface area contributed by atoms with Crippen LogP contribution in [0.3, 0.4) is 0 Å². The molecule has 0 radical (unpaired) electrons. The van der Waals surface area contributed by atoms with E-state index in [0.29, 0.717) is 17.1 Å². The molecule has 0 bridgehead atoms. The highest BCUT2D eigenvalue weighted by atomic mass is 32.2. The van der Waals surface area contributed by atoms with Gasteiger partial charge in [0.25, 0.3) is 0 Å². The first kappa shape index (κ1) is 21.3. The molecular formula is C20H23N3O4S. The van der Waals surface area contributed by atoms with Crippen LogP contribution in [0.2, 0.25) is 0 Å². The fourth-order valence-corrected chi connectivity index (χ4v) is 4.02. The molecule has 0 aliphatic rings. The highest BCUT2D eigenvalue weighted by Gasteiger charge is 2.31. The molecule has 0 heterocycles. The zero-order valence-corrected chi connectivity index (χ0v) is 16.9. The molecule has 1 amide bonds. The van der Waals surface area contributed by atoms with Crippen molar-refractivity contribution in [2.24, 2.45) is 0 Å². The zero-order valence-electron chi connectivity index (χ0n) is 16.0. The molecule has 2 aromatic carbocycles. The number of nitriles is 1. The van der Waals surface area contributed by atoms with Gasteiger partial charge in [-0.25, -0.2) is 8.42 Å². The minimum absolute atomic E-state index is 0.283. The average molecular weight is 401 g/mol. The number of hydrogen-bond acceptors (Lipinski definition) is 5. The van der Waals surface area contributed by atoms with Crippen LogP contribution in [-0.2, 0) is 21.2 Å². The molecule has 0 aliphatic heterocycles. The topological polar surface area (TPSA) is 99.5 Å². The standard InChI is InChI=1S/C20H23N3O4S/c1-4-19(20(24)22-16-7-5-15(6-8-16)13-14-21)23(28(3,25)26)17-9-11-18(27-2)12-10-17/h5-12,19H,4,13H2,1-3H3,(H,22,24). The lowest BCUT2D eigenvalue weighted by atomic mass is 10.1. The number of benzene rings is 2. The summed E-state index contributed by atoms with van der Waals surface area (Å²) in [6.07, 6.45) is 1.65. The van der Waals surface area contributed by atoms with Crippen LogP contribution >= 0.6 is 0 Å². The number of nitrogens with zero attached hydrogens (tertiary/aromatic N) is 2. The molecule has 0 aromatic heterocycles. The number of sulfonamides is 1. The smallest absolute Gasteiger partial charge is 0.248 e. The molecule has 1 atom stereocenters.